The van der Waals surface area contributed by atoms with Crippen molar-refractivity contribution in [1.29, 1.82) is 0 Å². The van der Waals surface area contributed by atoms with Gasteiger partial charge in [-0.25, -0.2) is 4.79 Å². The monoisotopic (exact) mass is 154 g/mol. The van der Waals surface area contributed by atoms with Gasteiger partial charge in [-0.1, -0.05) is 0 Å². The van der Waals surface area contributed by atoms with Gasteiger partial charge in [-0.3, -0.25) is 14.8 Å². The van der Waals surface area contributed by atoms with Crippen molar-refractivity contribution in [2.45, 2.75) is 0 Å². The van der Waals surface area contributed by atoms with Gasteiger partial charge in [-0.15, -0.1) is 0 Å². The highest BCUT2D eigenvalue weighted by molar-refractivity contribution is 5.67. The van der Waals surface area contributed by atoms with E-state index < -0.39 is 11.2 Å². The van der Waals surface area contributed by atoms with Crippen molar-refractivity contribution in [2.24, 2.45) is 0 Å². The molecular formula is C5H6N4O2. The van der Waals surface area contributed by atoms with Gasteiger partial charge in [0, 0.05) is 0 Å². The van der Waals surface area contributed by atoms with E-state index in [1.165, 1.54) is 0 Å². The van der Waals surface area contributed by atoms with Crippen molar-refractivity contribution in [2.75, 3.05) is 17.3 Å². The molecule has 1 aliphatic heterocycles. The highest BCUT2D eigenvalue weighted by Crippen LogP contribution is 2.14. The first-order valence-corrected chi connectivity index (χ1v) is 3.12. The lowest BCUT2D eigenvalue weighted by molar-refractivity contribution is 1.05. The van der Waals surface area contributed by atoms with Crippen molar-refractivity contribution < 1.29 is 0 Å². The first-order valence-electron chi connectivity index (χ1n) is 3.12. The van der Waals surface area contributed by atoms with Gasteiger partial charge in [-0.05, 0) is 0 Å². The molecule has 0 saturated carbocycles. The summed E-state index contributed by atoms with van der Waals surface area (Å²) >= 11 is 0. The van der Waals surface area contributed by atoms with Crippen molar-refractivity contribution in [1.82, 2.24) is 9.97 Å². The van der Waals surface area contributed by atoms with Crippen LogP contribution in [0.4, 0.5) is 11.5 Å². The number of hydrogen-bond acceptors (Lipinski definition) is 4. The standard InChI is InChI=1S/C5H6N4O2/c10-4-2-3(7-1-6-2)8-5(11)9-4/h6H,1H2,(H3,7,8,9,10,11). The van der Waals surface area contributed by atoms with Crippen molar-refractivity contribution in [3.05, 3.63) is 20.8 Å². The summed E-state index contributed by atoms with van der Waals surface area (Å²) in [6.45, 7) is 0.471. The second-order valence-electron chi connectivity index (χ2n) is 2.19. The molecule has 1 aliphatic rings. The van der Waals surface area contributed by atoms with E-state index in [4.69, 9.17) is 0 Å². The van der Waals surface area contributed by atoms with E-state index in [0.717, 1.165) is 0 Å². The fourth-order valence-corrected chi connectivity index (χ4v) is 1.01. The Balaban J connectivity index is 2.80. The van der Waals surface area contributed by atoms with Gasteiger partial charge in [0.2, 0.25) is 0 Å². The maximum absolute atomic E-state index is 11.0. The predicted molar refractivity (Wildman–Crippen MR) is 39.8 cm³/mol. The van der Waals surface area contributed by atoms with Crippen LogP contribution in [0.1, 0.15) is 0 Å². The van der Waals surface area contributed by atoms with Crippen molar-refractivity contribution in [3.8, 4) is 0 Å². The van der Waals surface area contributed by atoms with E-state index in [9.17, 15) is 9.59 Å². The summed E-state index contributed by atoms with van der Waals surface area (Å²) in [7, 11) is 0. The molecule has 1 aromatic heterocycles. The Kier molecular flexibility index (Phi) is 1.03. The molecule has 0 bridgehead atoms. The second-order valence-corrected chi connectivity index (χ2v) is 2.19. The van der Waals surface area contributed by atoms with Crippen LogP contribution >= 0.6 is 0 Å². The SMILES string of the molecule is O=c1[nH]c2c(c(=O)[nH]1)NCN2. The van der Waals surface area contributed by atoms with E-state index >= 15 is 0 Å². The van der Waals surface area contributed by atoms with Crippen LogP contribution in [-0.4, -0.2) is 16.6 Å². The molecule has 0 unspecified atom stereocenters. The highest BCUT2D eigenvalue weighted by Gasteiger charge is 2.12. The molecule has 0 radical (unpaired) electrons. The van der Waals surface area contributed by atoms with Gasteiger partial charge in [0.05, 0.1) is 6.67 Å². The van der Waals surface area contributed by atoms with E-state index in [-0.39, 0.29) is 0 Å². The third-order valence-corrected chi connectivity index (χ3v) is 1.47. The number of hydrogen-bond donors (Lipinski definition) is 4. The number of fused-ring (bicyclic) bond motifs is 1. The summed E-state index contributed by atoms with van der Waals surface area (Å²) in [6.07, 6.45) is 0. The number of anilines is 2. The van der Waals surface area contributed by atoms with E-state index in [2.05, 4.69) is 20.6 Å². The number of aromatic amines is 2. The summed E-state index contributed by atoms with van der Waals surface area (Å²) in [5.74, 6) is 0.457. The zero-order valence-electron chi connectivity index (χ0n) is 5.52. The van der Waals surface area contributed by atoms with Gasteiger partial charge in [0.15, 0.2) is 0 Å². The molecule has 4 N–H and O–H groups in total. The largest absolute Gasteiger partial charge is 0.360 e. The molecule has 6 heteroatoms. The minimum Gasteiger partial charge on any atom is -0.360 e. The van der Waals surface area contributed by atoms with Crippen LogP contribution in [0.3, 0.4) is 0 Å². The molecule has 6 nitrogen and oxygen atoms in total. The molecule has 0 amide bonds. The Morgan fingerprint density at radius 3 is 2.73 bits per heavy atom. The Morgan fingerprint density at radius 1 is 1.09 bits per heavy atom. The Bertz CT molecular complexity index is 390. The third kappa shape index (κ3) is 0.794. The molecule has 0 fully saturated rings. The van der Waals surface area contributed by atoms with Gasteiger partial charge < -0.3 is 10.6 Å². The number of aromatic nitrogens is 2. The predicted octanol–water partition coefficient (Wildman–Crippen LogP) is -1.14. The summed E-state index contributed by atoms with van der Waals surface area (Å²) < 4.78 is 0. The fourth-order valence-electron chi connectivity index (χ4n) is 1.01. The van der Waals surface area contributed by atoms with Crippen molar-refractivity contribution >= 4 is 11.5 Å². The Hall–Kier alpha value is -1.72. The lowest BCUT2D eigenvalue weighted by Gasteiger charge is -1.93. The minimum atomic E-state index is -0.495. The zero-order chi connectivity index (χ0) is 7.84. The molecule has 2 heterocycles. The van der Waals surface area contributed by atoms with E-state index in [0.29, 0.717) is 18.2 Å². The summed E-state index contributed by atoms with van der Waals surface area (Å²) in [5.41, 5.74) is -0.497. The maximum atomic E-state index is 11.0. The molecular weight excluding hydrogens is 148 g/mol. The first kappa shape index (κ1) is 6.02. The summed E-state index contributed by atoms with van der Waals surface area (Å²) in [4.78, 5) is 26.2. The minimum absolute atomic E-state index is 0.393. The smallest absolute Gasteiger partial charge is 0.327 e. The average molecular weight is 154 g/mol. The second kappa shape index (κ2) is 1.88. The molecule has 2 rings (SSSR count). The van der Waals surface area contributed by atoms with Crippen LogP contribution in [0.25, 0.3) is 0 Å². The van der Waals surface area contributed by atoms with Gasteiger partial charge in [0.1, 0.15) is 11.5 Å². The molecule has 0 atom stereocenters. The molecule has 0 aliphatic carbocycles. The summed E-state index contributed by atoms with van der Waals surface area (Å²) in [6, 6.07) is 0. The Morgan fingerprint density at radius 2 is 1.91 bits per heavy atom. The molecule has 0 spiro atoms. The molecule has 58 valence electrons. The number of nitrogens with one attached hydrogen (secondary N) is 4. The maximum Gasteiger partial charge on any atom is 0.327 e. The van der Waals surface area contributed by atoms with Gasteiger partial charge in [-0.2, -0.15) is 0 Å². The Labute approximate surface area is 60.7 Å². The van der Waals surface area contributed by atoms with Crippen LogP contribution in [0.2, 0.25) is 0 Å². The lowest BCUT2D eigenvalue weighted by Crippen LogP contribution is -2.22. The van der Waals surface area contributed by atoms with Crippen molar-refractivity contribution in [3.63, 3.8) is 0 Å². The molecule has 0 aromatic carbocycles. The van der Waals surface area contributed by atoms with E-state index in [1.807, 2.05) is 0 Å². The lowest BCUT2D eigenvalue weighted by atomic mass is 10.5. The topological polar surface area (TPSA) is 89.8 Å². The van der Waals surface area contributed by atoms with Crippen LogP contribution < -0.4 is 21.9 Å². The quantitative estimate of drug-likeness (QED) is 0.380. The molecule has 0 saturated heterocycles. The summed E-state index contributed by atoms with van der Waals surface area (Å²) in [5, 5.41) is 5.57. The van der Waals surface area contributed by atoms with Gasteiger partial charge in [0.25, 0.3) is 5.56 Å². The number of rotatable bonds is 0. The van der Waals surface area contributed by atoms with Crippen LogP contribution in [0.15, 0.2) is 9.59 Å². The van der Waals surface area contributed by atoms with Crippen LogP contribution in [0.5, 0.6) is 0 Å². The molecule has 11 heavy (non-hydrogen) atoms. The van der Waals surface area contributed by atoms with E-state index in [1.54, 1.807) is 0 Å². The molecule has 1 aromatic rings. The zero-order valence-corrected chi connectivity index (χ0v) is 5.52. The average Bonchev–Trinajstić information content (AvgIpc) is 2.34. The van der Waals surface area contributed by atoms with Crippen LogP contribution in [-0.2, 0) is 0 Å². The van der Waals surface area contributed by atoms with Crippen LogP contribution in [0, 0.1) is 0 Å². The first-order chi connectivity index (χ1) is 5.27. The van der Waals surface area contributed by atoms with Gasteiger partial charge >= 0.3 is 5.69 Å². The highest BCUT2D eigenvalue weighted by atomic mass is 16.2. The third-order valence-electron chi connectivity index (χ3n) is 1.47. The fraction of sp³-hybridized carbons (Fsp3) is 0.200. The normalized spacial score (nSPS) is 13.5. The number of H-pyrrole nitrogens is 2.